The average Bonchev–Trinajstić information content (AvgIpc) is 2.75. The Morgan fingerprint density at radius 1 is 1.53 bits per heavy atom. The van der Waals surface area contributed by atoms with E-state index in [1.807, 2.05) is 11.9 Å². The Balaban J connectivity index is 2.00. The van der Waals surface area contributed by atoms with E-state index in [2.05, 4.69) is 10.2 Å². The van der Waals surface area contributed by atoms with Gasteiger partial charge in [0.1, 0.15) is 6.04 Å². The number of carbonyl (C=O) groups is 2. The number of nitrogens with zero attached hydrogens (tertiary/aromatic N) is 2. The minimum atomic E-state index is -0.333. The van der Waals surface area contributed by atoms with Crippen LogP contribution in [0.3, 0.4) is 0 Å². The molecule has 2 atom stereocenters. The Morgan fingerprint density at radius 2 is 2.29 bits per heavy atom. The fraction of sp³-hybridized carbons (Fsp3) is 0.818. The van der Waals surface area contributed by atoms with E-state index < -0.39 is 0 Å². The van der Waals surface area contributed by atoms with Crippen molar-refractivity contribution in [2.45, 2.75) is 24.9 Å². The first-order valence-electron chi connectivity index (χ1n) is 6.10. The first kappa shape index (κ1) is 12.3. The number of likely N-dealkylation sites (N-methyl/N-ethyl adjacent to an activating group) is 1. The lowest BCUT2D eigenvalue weighted by Gasteiger charge is -2.40. The molecule has 2 amide bonds. The highest BCUT2D eigenvalue weighted by Gasteiger charge is 2.35. The summed E-state index contributed by atoms with van der Waals surface area (Å²) < 4.78 is 0. The molecule has 0 aromatic carbocycles. The number of hydrogen-bond donors (Lipinski definition) is 2. The van der Waals surface area contributed by atoms with Crippen LogP contribution in [0.1, 0.15) is 12.8 Å². The van der Waals surface area contributed by atoms with Crippen LogP contribution in [0.5, 0.6) is 0 Å². The summed E-state index contributed by atoms with van der Waals surface area (Å²) in [6.45, 7) is 2.84. The van der Waals surface area contributed by atoms with E-state index in [1.165, 1.54) is 0 Å². The summed E-state index contributed by atoms with van der Waals surface area (Å²) in [7, 11) is 2.03. The predicted octanol–water partition coefficient (Wildman–Crippen LogP) is -1.63. The monoisotopic (exact) mass is 240 g/mol. The van der Waals surface area contributed by atoms with Gasteiger partial charge in [-0.2, -0.15) is 0 Å². The molecule has 2 saturated heterocycles. The molecule has 0 bridgehead atoms. The molecule has 0 radical (unpaired) electrons. The maximum Gasteiger partial charge on any atom is 0.245 e. The van der Waals surface area contributed by atoms with Gasteiger partial charge >= 0.3 is 0 Å². The lowest BCUT2D eigenvalue weighted by molar-refractivity contribution is -0.138. The zero-order valence-corrected chi connectivity index (χ0v) is 10.2. The van der Waals surface area contributed by atoms with Gasteiger partial charge in [-0.3, -0.25) is 9.59 Å². The Bertz CT molecular complexity index is 321. The molecule has 6 heteroatoms. The van der Waals surface area contributed by atoms with Crippen LogP contribution in [0.25, 0.3) is 0 Å². The average molecular weight is 240 g/mol. The predicted molar refractivity (Wildman–Crippen MR) is 63.2 cm³/mol. The zero-order chi connectivity index (χ0) is 12.4. The Labute approximate surface area is 101 Å². The van der Waals surface area contributed by atoms with Crippen molar-refractivity contribution in [2.24, 2.45) is 5.73 Å². The number of carbonyl (C=O) groups excluding carboxylic acids is 2. The number of nitrogens with one attached hydrogen (secondary N) is 1. The van der Waals surface area contributed by atoms with E-state index in [4.69, 9.17) is 5.73 Å². The summed E-state index contributed by atoms with van der Waals surface area (Å²) in [6.07, 6.45) is 1.07. The third-order valence-corrected chi connectivity index (χ3v) is 3.53. The van der Waals surface area contributed by atoms with Gasteiger partial charge in [0.15, 0.2) is 0 Å². The molecule has 0 aromatic rings. The number of piperazine rings is 1. The summed E-state index contributed by atoms with van der Waals surface area (Å²) in [4.78, 5) is 27.4. The molecule has 2 aliphatic rings. The Hall–Kier alpha value is -1.14. The first-order valence-corrected chi connectivity index (χ1v) is 6.10. The van der Waals surface area contributed by atoms with Gasteiger partial charge in [-0.1, -0.05) is 0 Å². The quantitative estimate of drug-likeness (QED) is 0.607. The molecule has 0 spiro atoms. The van der Waals surface area contributed by atoms with Crippen molar-refractivity contribution in [2.75, 3.05) is 33.2 Å². The second kappa shape index (κ2) is 5.01. The molecule has 96 valence electrons. The molecule has 2 aliphatic heterocycles. The molecule has 0 aliphatic carbocycles. The highest BCUT2D eigenvalue weighted by atomic mass is 16.2. The van der Waals surface area contributed by atoms with E-state index in [-0.39, 0.29) is 23.9 Å². The van der Waals surface area contributed by atoms with Gasteiger partial charge in [-0.25, -0.2) is 0 Å². The van der Waals surface area contributed by atoms with Crippen LogP contribution in [0.2, 0.25) is 0 Å². The second-order valence-corrected chi connectivity index (χ2v) is 4.84. The topological polar surface area (TPSA) is 78.7 Å². The second-order valence-electron chi connectivity index (χ2n) is 4.84. The van der Waals surface area contributed by atoms with Crippen molar-refractivity contribution in [3.8, 4) is 0 Å². The first-order chi connectivity index (χ1) is 8.11. The molecule has 3 N–H and O–H groups in total. The number of hydrogen-bond acceptors (Lipinski definition) is 4. The minimum Gasteiger partial charge on any atom is -0.344 e. The molecule has 1 unspecified atom stereocenters. The molecule has 0 saturated carbocycles. The van der Waals surface area contributed by atoms with Gasteiger partial charge in [-0.15, -0.1) is 0 Å². The van der Waals surface area contributed by atoms with Gasteiger partial charge in [-0.05, 0) is 13.5 Å². The van der Waals surface area contributed by atoms with Crippen LogP contribution < -0.4 is 11.1 Å². The van der Waals surface area contributed by atoms with Gasteiger partial charge in [0.25, 0.3) is 0 Å². The summed E-state index contributed by atoms with van der Waals surface area (Å²) in [5.74, 6) is 0.00109. The molecular weight excluding hydrogens is 220 g/mol. The van der Waals surface area contributed by atoms with E-state index in [0.29, 0.717) is 25.9 Å². The van der Waals surface area contributed by atoms with Gasteiger partial charge in [0, 0.05) is 32.6 Å². The van der Waals surface area contributed by atoms with Crippen molar-refractivity contribution >= 4 is 11.8 Å². The van der Waals surface area contributed by atoms with E-state index in [0.717, 1.165) is 13.1 Å². The Kier molecular flexibility index (Phi) is 3.63. The fourth-order valence-corrected chi connectivity index (χ4v) is 2.50. The summed E-state index contributed by atoms with van der Waals surface area (Å²) in [6, 6.07) is -0.265. The maximum atomic E-state index is 12.3. The van der Waals surface area contributed by atoms with Crippen LogP contribution in [0.15, 0.2) is 0 Å². The molecular formula is C11H20N4O2. The van der Waals surface area contributed by atoms with E-state index >= 15 is 0 Å². The van der Waals surface area contributed by atoms with Crippen LogP contribution in [-0.2, 0) is 9.59 Å². The van der Waals surface area contributed by atoms with Crippen molar-refractivity contribution in [1.29, 1.82) is 0 Å². The number of rotatable bonds is 2. The third-order valence-electron chi connectivity index (χ3n) is 3.53. The molecule has 2 fully saturated rings. The van der Waals surface area contributed by atoms with Crippen LogP contribution in [0.4, 0.5) is 0 Å². The van der Waals surface area contributed by atoms with Crippen LogP contribution >= 0.6 is 0 Å². The molecule has 6 nitrogen and oxygen atoms in total. The van der Waals surface area contributed by atoms with Crippen molar-refractivity contribution in [3.05, 3.63) is 0 Å². The zero-order valence-electron chi connectivity index (χ0n) is 10.2. The third kappa shape index (κ3) is 2.58. The maximum absolute atomic E-state index is 12.3. The van der Waals surface area contributed by atoms with Crippen molar-refractivity contribution in [1.82, 2.24) is 15.1 Å². The van der Waals surface area contributed by atoms with Crippen molar-refractivity contribution < 1.29 is 9.59 Å². The minimum absolute atomic E-state index is 0.0261. The standard InChI is InChI=1S/C11H20N4O2/c1-14-4-5-15(8(6-12)7-14)11(17)9-2-3-10(16)13-9/h8-9H,2-7,12H2,1H3,(H,13,16)/t8?,9-/m1/s1. The van der Waals surface area contributed by atoms with Gasteiger partial charge < -0.3 is 20.9 Å². The largest absolute Gasteiger partial charge is 0.344 e. The van der Waals surface area contributed by atoms with Crippen LogP contribution in [-0.4, -0.2) is 66.9 Å². The summed E-state index contributed by atoms with van der Waals surface area (Å²) in [5.41, 5.74) is 5.71. The van der Waals surface area contributed by atoms with Crippen molar-refractivity contribution in [3.63, 3.8) is 0 Å². The molecule has 2 rings (SSSR count). The lowest BCUT2D eigenvalue weighted by Crippen LogP contribution is -2.59. The van der Waals surface area contributed by atoms with Gasteiger partial charge in [0.05, 0.1) is 6.04 Å². The normalized spacial score (nSPS) is 30.5. The molecule has 2 heterocycles. The molecule has 0 aromatic heterocycles. The highest BCUT2D eigenvalue weighted by molar-refractivity contribution is 5.91. The summed E-state index contributed by atoms with van der Waals surface area (Å²) in [5, 5.41) is 2.72. The smallest absolute Gasteiger partial charge is 0.245 e. The Morgan fingerprint density at radius 3 is 2.88 bits per heavy atom. The summed E-state index contributed by atoms with van der Waals surface area (Å²) >= 11 is 0. The van der Waals surface area contributed by atoms with Crippen LogP contribution in [0, 0.1) is 0 Å². The fourth-order valence-electron chi connectivity index (χ4n) is 2.50. The number of nitrogens with two attached hydrogens (primary N) is 1. The van der Waals surface area contributed by atoms with E-state index in [9.17, 15) is 9.59 Å². The van der Waals surface area contributed by atoms with E-state index in [1.54, 1.807) is 0 Å². The SMILES string of the molecule is CN1CCN(C(=O)[C@H]2CCC(=O)N2)C(CN)C1. The molecule has 17 heavy (non-hydrogen) atoms. The number of amides is 2. The lowest BCUT2D eigenvalue weighted by atomic mass is 10.1. The van der Waals surface area contributed by atoms with Gasteiger partial charge in [0.2, 0.25) is 11.8 Å². The highest BCUT2D eigenvalue weighted by Crippen LogP contribution is 2.14.